The van der Waals surface area contributed by atoms with E-state index in [0.29, 0.717) is 35.8 Å². The summed E-state index contributed by atoms with van der Waals surface area (Å²) in [5, 5.41) is 12.4. The topological polar surface area (TPSA) is 29.5 Å². The highest BCUT2D eigenvalue weighted by Crippen LogP contribution is 2.51. The molecule has 1 aromatic heterocycles. The van der Waals surface area contributed by atoms with Gasteiger partial charge in [-0.1, -0.05) is 53.0 Å². The summed E-state index contributed by atoms with van der Waals surface area (Å²) in [5.41, 5.74) is 0.754. The van der Waals surface area contributed by atoms with Crippen LogP contribution in [0.3, 0.4) is 0 Å². The molecule has 0 bridgehead atoms. The Bertz CT molecular complexity index is 843. The number of rotatable bonds is 2. The van der Waals surface area contributed by atoms with Gasteiger partial charge in [0.15, 0.2) is 0 Å². The molecule has 2 nitrogen and oxygen atoms in total. The zero-order valence-electron chi connectivity index (χ0n) is 10.8. The van der Waals surface area contributed by atoms with Gasteiger partial charge in [-0.3, -0.25) is 0 Å². The molecule has 0 unspecified atom stereocenters. The predicted molar refractivity (Wildman–Crippen MR) is 90.5 cm³/mol. The second kappa shape index (κ2) is 5.58. The van der Waals surface area contributed by atoms with Gasteiger partial charge in [0.2, 0.25) is 0 Å². The van der Waals surface area contributed by atoms with Crippen LogP contribution in [0.4, 0.5) is 0 Å². The van der Waals surface area contributed by atoms with E-state index in [1.54, 1.807) is 12.1 Å². The molecule has 3 rings (SSSR count). The summed E-state index contributed by atoms with van der Waals surface area (Å²) in [6.45, 7) is 0. The number of benzene rings is 2. The van der Waals surface area contributed by atoms with Gasteiger partial charge in [0.1, 0.15) is 16.5 Å². The Morgan fingerprint density at radius 3 is 2.48 bits per heavy atom. The number of methoxy groups -OCH3 is 1. The van der Waals surface area contributed by atoms with E-state index in [4.69, 9.17) is 39.5 Å². The maximum absolute atomic E-state index is 10.5. The first kappa shape index (κ1) is 14.8. The molecule has 6 heteroatoms. The first-order valence-corrected chi connectivity index (χ1v) is 7.92. The highest BCUT2D eigenvalue weighted by molar-refractivity contribution is 7.23. The molecule has 0 fully saturated rings. The minimum absolute atomic E-state index is 0.125. The monoisotopic (exact) mass is 358 g/mol. The van der Waals surface area contributed by atoms with Crippen molar-refractivity contribution >= 4 is 56.2 Å². The van der Waals surface area contributed by atoms with Gasteiger partial charge in [-0.05, 0) is 12.1 Å². The molecular weight excluding hydrogens is 351 g/mol. The average molecular weight is 360 g/mol. The summed E-state index contributed by atoms with van der Waals surface area (Å²) in [7, 11) is 1.50. The number of halogens is 3. The molecule has 0 spiro atoms. The van der Waals surface area contributed by atoms with E-state index < -0.39 is 0 Å². The van der Waals surface area contributed by atoms with Crippen LogP contribution in [0, 0.1) is 0 Å². The molecule has 0 amide bonds. The van der Waals surface area contributed by atoms with Crippen LogP contribution in [0.15, 0.2) is 30.3 Å². The maximum atomic E-state index is 10.5. The Labute approximate surface area is 140 Å². The van der Waals surface area contributed by atoms with E-state index in [2.05, 4.69) is 0 Å². The van der Waals surface area contributed by atoms with Gasteiger partial charge in [-0.25, -0.2) is 0 Å². The standard InChI is InChI=1S/C15H9Cl3O2S/c1-20-10-6-8-13(19)15(7-4-2-3-5-9(7)16)21-14(8)12(18)11(10)17/h2-6,19H,1H3. The van der Waals surface area contributed by atoms with Crippen molar-refractivity contribution in [2.75, 3.05) is 7.11 Å². The van der Waals surface area contributed by atoms with E-state index in [1.165, 1.54) is 18.4 Å². The third-order valence-corrected chi connectivity index (χ3v) is 5.68. The molecule has 0 aliphatic rings. The Kier molecular flexibility index (Phi) is 3.93. The van der Waals surface area contributed by atoms with Gasteiger partial charge in [-0.2, -0.15) is 0 Å². The van der Waals surface area contributed by atoms with Crippen molar-refractivity contribution in [3.8, 4) is 21.9 Å². The quantitative estimate of drug-likeness (QED) is 0.586. The summed E-state index contributed by atoms with van der Waals surface area (Å²) < 4.78 is 5.88. The van der Waals surface area contributed by atoms with Crippen molar-refractivity contribution in [1.82, 2.24) is 0 Å². The lowest BCUT2D eigenvalue weighted by atomic mass is 10.1. The van der Waals surface area contributed by atoms with Crippen molar-refractivity contribution in [3.63, 3.8) is 0 Å². The van der Waals surface area contributed by atoms with Gasteiger partial charge in [0, 0.05) is 16.0 Å². The van der Waals surface area contributed by atoms with E-state index in [1.807, 2.05) is 18.2 Å². The first-order chi connectivity index (χ1) is 10.0. The summed E-state index contributed by atoms with van der Waals surface area (Å²) in [4.78, 5) is 0.654. The van der Waals surface area contributed by atoms with Crippen molar-refractivity contribution in [3.05, 3.63) is 45.4 Å². The average Bonchev–Trinajstić information content (AvgIpc) is 2.81. The van der Waals surface area contributed by atoms with Crippen LogP contribution < -0.4 is 4.74 Å². The summed E-state index contributed by atoms with van der Waals surface area (Å²) in [6.07, 6.45) is 0. The van der Waals surface area contributed by atoms with Crippen LogP contribution >= 0.6 is 46.1 Å². The van der Waals surface area contributed by atoms with Gasteiger partial charge >= 0.3 is 0 Å². The molecule has 3 aromatic rings. The highest BCUT2D eigenvalue weighted by Gasteiger charge is 2.20. The smallest absolute Gasteiger partial charge is 0.142 e. The van der Waals surface area contributed by atoms with Crippen molar-refractivity contribution < 1.29 is 9.84 Å². The largest absolute Gasteiger partial charge is 0.506 e. The summed E-state index contributed by atoms with van der Waals surface area (Å²) in [6, 6.07) is 8.99. The number of hydrogen-bond acceptors (Lipinski definition) is 3. The fourth-order valence-corrected chi connectivity index (χ4v) is 4.15. The number of hydrogen-bond donors (Lipinski definition) is 1. The summed E-state index contributed by atoms with van der Waals surface area (Å²) >= 11 is 20.0. The molecule has 1 heterocycles. The Balaban J connectivity index is 2.35. The van der Waals surface area contributed by atoms with E-state index in [0.717, 1.165) is 5.56 Å². The fourth-order valence-electron chi connectivity index (χ4n) is 2.11. The molecular formula is C15H9Cl3O2S. The van der Waals surface area contributed by atoms with Crippen LogP contribution in [0.2, 0.25) is 15.1 Å². The van der Waals surface area contributed by atoms with E-state index in [-0.39, 0.29) is 5.75 Å². The molecule has 108 valence electrons. The molecule has 0 saturated heterocycles. The van der Waals surface area contributed by atoms with Crippen molar-refractivity contribution in [2.24, 2.45) is 0 Å². The molecule has 21 heavy (non-hydrogen) atoms. The zero-order chi connectivity index (χ0) is 15.1. The SMILES string of the molecule is COc1cc2c(O)c(-c3ccccc3Cl)sc2c(Cl)c1Cl. The summed E-state index contributed by atoms with van der Waals surface area (Å²) in [5.74, 6) is 0.549. The second-order valence-corrected chi connectivity index (χ2v) is 6.53. The Hall–Kier alpha value is -1.13. The first-order valence-electron chi connectivity index (χ1n) is 5.97. The molecule has 1 N–H and O–H groups in total. The van der Waals surface area contributed by atoms with Gasteiger partial charge < -0.3 is 9.84 Å². The van der Waals surface area contributed by atoms with Gasteiger partial charge in [-0.15, -0.1) is 11.3 Å². The molecule has 0 atom stereocenters. The lowest BCUT2D eigenvalue weighted by Crippen LogP contribution is -1.84. The Morgan fingerprint density at radius 2 is 1.81 bits per heavy atom. The van der Waals surface area contributed by atoms with Crippen LogP contribution in [0.5, 0.6) is 11.5 Å². The predicted octanol–water partition coefficient (Wildman–Crippen LogP) is 6.24. The third kappa shape index (κ3) is 2.34. The van der Waals surface area contributed by atoms with Crippen molar-refractivity contribution in [1.29, 1.82) is 0 Å². The maximum Gasteiger partial charge on any atom is 0.142 e. The third-order valence-electron chi connectivity index (χ3n) is 3.14. The van der Waals surface area contributed by atoms with Crippen LogP contribution in [0.1, 0.15) is 0 Å². The van der Waals surface area contributed by atoms with Crippen LogP contribution in [-0.4, -0.2) is 12.2 Å². The van der Waals surface area contributed by atoms with Gasteiger partial charge in [0.25, 0.3) is 0 Å². The molecule has 2 aromatic carbocycles. The Morgan fingerprint density at radius 1 is 1.10 bits per heavy atom. The zero-order valence-corrected chi connectivity index (χ0v) is 13.9. The van der Waals surface area contributed by atoms with Gasteiger partial charge in [0.05, 0.1) is 21.7 Å². The van der Waals surface area contributed by atoms with Crippen LogP contribution in [0.25, 0.3) is 20.5 Å². The fraction of sp³-hybridized carbons (Fsp3) is 0.0667. The normalized spacial score (nSPS) is 11.0. The molecule has 0 aliphatic carbocycles. The van der Waals surface area contributed by atoms with E-state index >= 15 is 0 Å². The highest BCUT2D eigenvalue weighted by atomic mass is 35.5. The minimum atomic E-state index is 0.125. The number of aromatic hydroxyl groups is 1. The second-order valence-electron chi connectivity index (χ2n) is 4.34. The molecule has 0 radical (unpaired) electrons. The number of ether oxygens (including phenoxy) is 1. The lowest BCUT2D eigenvalue weighted by Gasteiger charge is -2.05. The number of thiophene rings is 1. The molecule has 0 aliphatic heterocycles. The van der Waals surface area contributed by atoms with Crippen molar-refractivity contribution in [2.45, 2.75) is 0 Å². The van der Waals surface area contributed by atoms with E-state index in [9.17, 15) is 5.11 Å². The number of fused-ring (bicyclic) bond motifs is 1. The van der Waals surface area contributed by atoms with Crippen LogP contribution in [-0.2, 0) is 0 Å². The minimum Gasteiger partial charge on any atom is -0.506 e. The molecule has 0 saturated carbocycles. The lowest BCUT2D eigenvalue weighted by molar-refractivity contribution is 0.415.